The van der Waals surface area contributed by atoms with Gasteiger partial charge in [-0.25, -0.2) is 0 Å². The van der Waals surface area contributed by atoms with Crippen molar-refractivity contribution in [1.82, 2.24) is 15.1 Å². The summed E-state index contributed by atoms with van der Waals surface area (Å²) in [6, 6.07) is 10.9. The number of nitrogens with zero attached hydrogens (tertiary/aromatic N) is 2. The van der Waals surface area contributed by atoms with E-state index in [-0.39, 0.29) is 6.04 Å². The summed E-state index contributed by atoms with van der Waals surface area (Å²) in [5.41, 5.74) is 2.37. The minimum Gasteiger partial charge on any atom is -0.310 e. The zero-order chi connectivity index (χ0) is 15.2. The average Bonchev–Trinajstić information content (AvgIpc) is 2.95. The predicted molar refractivity (Wildman–Crippen MR) is 88.8 cm³/mol. The Kier molecular flexibility index (Phi) is 5.83. The van der Waals surface area contributed by atoms with Gasteiger partial charge in [0.1, 0.15) is 0 Å². The first-order valence-corrected chi connectivity index (χ1v) is 8.04. The van der Waals surface area contributed by atoms with Crippen LogP contribution in [-0.2, 0) is 6.42 Å². The number of likely N-dealkylation sites (N-methyl/N-ethyl adjacent to an activating group) is 1. The smallest absolute Gasteiger partial charge is 0.0643 e. The van der Waals surface area contributed by atoms with Gasteiger partial charge in [-0.15, -0.1) is 0 Å². The number of nitrogens with one attached hydrogen (secondary N) is 1. The fourth-order valence-electron chi connectivity index (χ4n) is 2.38. The van der Waals surface area contributed by atoms with E-state index in [0.29, 0.717) is 6.04 Å². The number of hydrogen-bond acceptors (Lipinski definition) is 2. The average molecular weight is 306 g/mol. The normalized spacial score (nSPS) is 14.1. The molecule has 114 valence electrons. The highest BCUT2D eigenvalue weighted by Gasteiger charge is 2.13. The van der Waals surface area contributed by atoms with E-state index < -0.39 is 0 Å². The number of benzene rings is 1. The second kappa shape index (κ2) is 7.62. The summed E-state index contributed by atoms with van der Waals surface area (Å²) in [4.78, 5) is 0. The van der Waals surface area contributed by atoms with Crippen molar-refractivity contribution in [2.24, 2.45) is 0 Å². The maximum Gasteiger partial charge on any atom is 0.0643 e. The van der Waals surface area contributed by atoms with Crippen LogP contribution in [0.2, 0.25) is 5.02 Å². The standard InChI is InChI=1S/C17H24ClN3/c1-4-13(3)21-11-10-16(20-21)12-17(19-5-2)14-6-8-15(18)9-7-14/h6-11,13,17,19H,4-5,12H2,1-3H3. The topological polar surface area (TPSA) is 29.9 Å². The molecule has 3 nitrogen and oxygen atoms in total. The van der Waals surface area contributed by atoms with Gasteiger partial charge in [-0.3, -0.25) is 4.68 Å². The van der Waals surface area contributed by atoms with E-state index >= 15 is 0 Å². The van der Waals surface area contributed by atoms with Crippen molar-refractivity contribution in [2.75, 3.05) is 6.54 Å². The molecule has 21 heavy (non-hydrogen) atoms. The lowest BCUT2D eigenvalue weighted by Gasteiger charge is -2.17. The lowest BCUT2D eigenvalue weighted by Crippen LogP contribution is -2.23. The molecule has 0 saturated heterocycles. The molecule has 2 atom stereocenters. The Morgan fingerprint density at radius 2 is 1.90 bits per heavy atom. The molecule has 0 aliphatic rings. The molecule has 0 aliphatic heterocycles. The van der Waals surface area contributed by atoms with Crippen LogP contribution < -0.4 is 5.32 Å². The van der Waals surface area contributed by atoms with E-state index in [9.17, 15) is 0 Å². The van der Waals surface area contributed by atoms with Crippen molar-refractivity contribution in [3.8, 4) is 0 Å². The lowest BCUT2D eigenvalue weighted by atomic mass is 10.0. The number of aromatic nitrogens is 2. The largest absolute Gasteiger partial charge is 0.310 e. The van der Waals surface area contributed by atoms with Gasteiger partial charge in [0.25, 0.3) is 0 Å². The van der Waals surface area contributed by atoms with E-state index in [1.54, 1.807) is 0 Å². The highest BCUT2D eigenvalue weighted by atomic mass is 35.5. The quantitative estimate of drug-likeness (QED) is 0.821. The summed E-state index contributed by atoms with van der Waals surface area (Å²) in [5.74, 6) is 0. The van der Waals surface area contributed by atoms with Crippen LogP contribution in [0.4, 0.5) is 0 Å². The minimum absolute atomic E-state index is 0.271. The van der Waals surface area contributed by atoms with Crippen molar-refractivity contribution < 1.29 is 0 Å². The van der Waals surface area contributed by atoms with Gasteiger partial charge in [0, 0.05) is 29.7 Å². The lowest BCUT2D eigenvalue weighted by molar-refractivity contribution is 0.467. The van der Waals surface area contributed by atoms with Crippen LogP contribution in [0.5, 0.6) is 0 Å². The Balaban J connectivity index is 2.12. The maximum absolute atomic E-state index is 5.97. The molecule has 1 aromatic heterocycles. The first kappa shape index (κ1) is 16.1. The summed E-state index contributed by atoms with van der Waals surface area (Å²) < 4.78 is 2.06. The summed E-state index contributed by atoms with van der Waals surface area (Å²) in [5, 5.41) is 9.00. The Hall–Kier alpha value is -1.32. The fourth-order valence-corrected chi connectivity index (χ4v) is 2.50. The highest BCUT2D eigenvalue weighted by molar-refractivity contribution is 6.30. The van der Waals surface area contributed by atoms with Crippen molar-refractivity contribution in [2.45, 2.75) is 45.7 Å². The molecule has 2 unspecified atom stereocenters. The van der Waals surface area contributed by atoms with E-state index in [0.717, 1.165) is 30.1 Å². The molecule has 2 aromatic rings. The van der Waals surface area contributed by atoms with Gasteiger partial charge in [-0.2, -0.15) is 5.10 Å². The third-order valence-electron chi connectivity index (χ3n) is 3.84. The fraction of sp³-hybridized carbons (Fsp3) is 0.471. The van der Waals surface area contributed by atoms with Crippen LogP contribution in [0.25, 0.3) is 0 Å². The van der Waals surface area contributed by atoms with Crippen LogP contribution in [-0.4, -0.2) is 16.3 Å². The number of rotatable bonds is 7. The minimum atomic E-state index is 0.271. The van der Waals surface area contributed by atoms with E-state index in [1.807, 2.05) is 12.1 Å². The van der Waals surface area contributed by atoms with Crippen LogP contribution in [0, 0.1) is 0 Å². The molecule has 0 saturated carbocycles. The molecule has 0 aliphatic carbocycles. The number of halogens is 1. The van der Waals surface area contributed by atoms with Crippen molar-refractivity contribution in [1.29, 1.82) is 0 Å². The molecule has 4 heteroatoms. The van der Waals surface area contributed by atoms with Crippen LogP contribution >= 0.6 is 11.6 Å². The van der Waals surface area contributed by atoms with Crippen molar-refractivity contribution >= 4 is 11.6 Å². The van der Waals surface area contributed by atoms with Gasteiger partial charge < -0.3 is 5.32 Å². The first-order valence-electron chi connectivity index (χ1n) is 7.66. The zero-order valence-electron chi connectivity index (χ0n) is 13.0. The Bertz CT molecular complexity index is 547. The van der Waals surface area contributed by atoms with Crippen molar-refractivity contribution in [3.05, 3.63) is 52.8 Å². The van der Waals surface area contributed by atoms with Gasteiger partial charge in [0.15, 0.2) is 0 Å². The van der Waals surface area contributed by atoms with Crippen LogP contribution in [0.15, 0.2) is 36.5 Å². The Labute approximate surface area is 132 Å². The van der Waals surface area contributed by atoms with Gasteiger partial charge in [0.05, 0.1) is 5.69 Å². The molecule has 1 N–H and O–H groups in total. The summed E-state index contributed by atoms with van der Waals surface area (Å²) >= 11 is 5.97. The first-order chi connectivity index (χ1) is 10.1. The predicted octanol–water partition coefficient (Wildman–Crippen LogP) is 4.40. The Morgan fingerprint density at radius 1 is 1.19 bits per heavy atom. The van der Waals surface area contributed by atoms with Gasteiger partial charge in [0.2, 0.25) is 0 Å². The second-order valence-corrected chi connectivity index (χ2v) is 5.85. The van der Waals surface area contributed by atoms with Crippen LogP contribution in [0.1, 0.15) is 50.5 Å². The van der Waals surface area contributed by atoms with Crippen LogP contribution in [0.3, 0.4) is 0 Å². The van der Waals surface area contributed by atoms with Gasteiger partial charge in [-0.1, -0.05) is 37.6 Å². The molecule has 1 heterocycles. The van der Waals surface area contributed by atoms with E-state index in [1.165, 1.54) is 5.56 Å². The molecular formula is C17H24ClN3. The third-order valence-corrected chi connectivity index (χ3v) is 4.09. The molecular weight excluding hydrogens is 282 g/mol. The van der Waals surface area contributed by atoms with Gasteiger partial charge in [-0.05, 0) is 43.7 Å². The molecule has 1 aromatic carbocycles. The zero-order valence-corrected chi connectivity index (χ0v) is 13.8. The molecule has 0 spiro atoms. The third kappa shape index (κ3) is 4.32. The Morgan fingerprint density at radius 3 is 2.52 bits per heavy atom. The SMILES string of the molecule is CCNC(Cc1ccn(C(C)CC)n1)c1ccc(Cl)cc1. The molecule has 2 rings (SSSR count). The second-order valence-electron chi connectivity index (χ2n) is 5.41. The van der Waals surface area contributed by atoms with E-state index in [4.69, 9.17) is 16.7 Å². The monoisotopic (exact) mass is 305 g/mol. The van der Waals surface area contributed by atoms with Crippen molar-refractivity contribution in [3.63, 3.8) is 0 Å². The maximum atomic E-state index is 5.97. The molecule has 0 bridgehead atoms. The highest BCUT2D eigenvalue weighted by Crippen LogP contribution is 2.20. The molecule has 0 fully saturated rings. The number of hydrogen-bond donors (Lipinski definition) is 1. The van der Waals surface area contributed by atoms with Gasteiger partial charge >= 0.3 is 0 Å². The molecule has 0 amide bonds. The summed E-state index contributed by atoms with van der Waals surface area (Å²) in [6.45, 7) is 7.43. The van der Waals surface area contributed by atoms with E-state index in [2.05, 4.69) is 55.2 Å². The summed E-state index contributed by atoms with van der Waals surface area (Å²) in [7, 11) is 0. The molecule has 0 radical (unpaired) electrons. The summed E-state index contributed by atoms with van der Waals surface area (Å²) in [6.07, 6.45) is 4.06.